The minimum Gasteiger partial charge on any atom is -0.382 e. The van der Waals surface area contributed by atoms with Crippen molar-refractivity contribution in [2.24, 2.45) is 0 Å². The van der Waals surface area contributed by atoms with Crippen molar-refractivity contribution in [3.05, 3.63) is 54.6 Å². The minimum atomic E-state index is 0.490. The number of nitrogens with two attached hydrogens (primary N) is 1. The van der Waals surface area contributed by atoms with Crippen molar-refractivity contribution in [1.82, 2.24) is 15.2 Å². The van der Waals surface area contributed by atoms with Gasteiger partial charge in [0.1, 0.15) is 10.8 Å². The standard InChI is InChI=1S/C16H12N4S/c17-15-9-13(19-20-15)10-5-1-2-6-11(10)16-18-12-7-3-4-8-14(12)21-16/h1-9H,(H3,17,19,20). The number of hydrogen-bond acceptors (Lipinski definition) is 4. The molecule has 0 saturated heterocycles. The number of H-pyrrole nitrogens is 1. The summed E-state index contributed by atoms with van der Waals surface area (Å²) in [6.45, 7) is 0. The molecule has 5 heteroatoms. The lowest BCUT2D eigenvalue weighted by Crippen LogP contribution is -1.84. The van der Waals surface area contributed by atoms with E-state index in [1.54, 1.807) is 11.3 Å². The second-order valence-electron chi connectivity index (χ2n) is 4.74. The summed E-state index contributed by atoms with van der Waals surface area (Å²) in [7, 11) is 0. The number of para-hydroxylation sites is 1. The van der Waals surface area contributed by atoms with Gasteiger partial charge in [0.15, 0.2) is 0 Å². The van der Waals surface area contributed by atoms with Gasteiger partial charge in [0.05, 0.1) is 15.9 Å². The smallest absolute Gasteiger partial charge is 0.145 e. The second-order valence-corrected chi connectivity index (χ2v) is 5.77. The summed E-state index contributed by atoms with van der Waals surface area (Å²) in [5.74, 6) is 0.490. The summed E-state index contributed by atoms with van der Waals surface area (Å²) in [6.07, 6.45) is 0. The first-order valence-corrected chi connectivity index (χ1v) is 7.39. The number of hydrogen-bond donors (Lipinski definition) is 2. The first-order valence-electron chi connectivity index (χ1n) is 6.57. The van der Waals surface area contributed by atoms with Crippen LogP contribution in [0.3, 0.4) is 0 Å². The van der Waals surface area contributed by atoms with E-state index >= 15 is 0 Å². The number of fused-ring (bicyclic) bond motifs is 1. The summed E-state index contributed by atoms with van der Waals surface area (Å²) >= 11 is 1.69. The average molecular weight is 292 g/mol. The van der Waals surface area contributed by atoms with Gasteiger partial charge in [0.2, 0.25) is 0 Å². The zero-order chi connectivity index (χ0) is 14.2. The Morgan fingerprint density at radius 3 is 2.48 bits per heavy atom. The van der Waals surface area contributed by atoms with Gasteiger partial charge in [-0.25, -0.2) is 4.98 Å². The minimum absolute atomic E-state index is 0.490. The number of aromatic nitrogens is 3. The summed E-state index contributed by atoms with van der Waals surface area (Å²) in [6, 6.07) is 18.1. The number of nitrogens with zero attached hydrogens (tertiary/aromatic N) is 2. The third kappa shape index (κ3) is 2.08. The van der Waals surface area contributed by atoms with Gasteiger partial charge in [-0.1, -0.05) is 36.4 Å². The monoisotopic (exact) mass is 292 g/mol. The molecule has 0 aliphatic heterocycles. The molecule has 0 amide bonds. The van der Waals surface area contributed by atoms with Gasteiger partial charge in [-0.3, -0.25) is 5.10 Å². The third-order valence-electron chi connectivity index (χ3n) is 3.34. The Hall–Kier alpha value is -2.66. The van der Waals surface area contributed by atoms with Crippen LogP contribution in [0, 0.1) is 0 Å². The number of benzene rings is 2. The Labute approximate surface area is 125 Å². The Kier molecular flexibility index (Phi) is 2.72. The van der Waals surface area contributed by atoms with E-state index in [0.29, 0.717) is 5.82 Å². The van der Waals surface area contributed by atoms with Crippen LogP contribution in [-0.4, -0.2) is 15.2 Å². The van der Waals surface area contributed by atoms with Crippen LogP contribution in [0.4, 0.5) is 5.82 Å². The van der Waals surface area contributed by atoms with Crippen molar-refractivity contribution in [3.63, 3.8) is 0 Å². The van der Waals surface area contributed by atoms with Crippen LogP contribution in [0.5, 0.6) is 0 Å². The lowest BCUT2D eigenvalue weighted by Gasteiger charge is -2.04. The molecule has 2 aromatic carbocycles. The topological polar surface area (TPSA) is 67.6 Å². The number of nitrogen functional groups attached to an aromatic ring is 1. The molecule has 4 nitrogen and oxygen atoms in total. The maximum atomic E-state index is 5.71. The molecular weight excluding hydrogens is 280 g/mol. The zero-order valence-electron chi connectivity index (χ0n) is 11.1. The van der Waals surface area contributed by atoms with E-state index in [1.807, 2.05) is 42.5 Å². The van der Waals surface area contributed by atoms with Crippen molar-refractivity contribution in [2.45, 2.75) is 0 Å². The first kappa shape index (κ1) is 12.1. The van der Waals surface area contributed by atoms with Crippen LogP contribution < -0.4 is 5.73 Å². The predicted molar refractivity (Wildman–Crippen MR) is 87.1 cm³/mol. The van der Waals surface area contributed by atoms with Crippen molar-refractivity contribution in [1.29, 1.82) is 0 Å². The van der Waals surface area contributed by atoms with E-state index in [1.165, 1.54) is 4.70 Å². The molecule has 0 aliphatic rings. The fraction of sp³-hybridized carbons (Fsp3) is 0. The van der Waals surface area contributed by atoms with Crippen molar-refractivity contribution in [3.8, 4) is 21.8 Å². The number of thiazole rings is 1. The van der Waals surface area contributed by atoms with Crippen LogP contribution in [0.15, 0.2) is 54.6 Å². The SMILES string of the molecule is Nc1cc(-c2ccccc2-c2nc3ccccc3s2)[nH]n1. The Morgan fingerprint density at radius 2 is 1.71 bits per heavy atom. The molecule has 102 valence electrons. The number of nitrogens with one attached hydrogen (secondary N) is 1. The highest BCUT2D eigenvalue weighted by atomic mass is 32.1. The summed E-state index contributed by atoms with van der Waals surface area (Å²) in [5.41, 5.74) is 9.78. The molecule has 4 aromatic rings. The van der Waals surface area contributed by atoms with Gasteiger partial charge in [0.25, 0.3) is 0 Å². The molecular formula is C16H12N4S. The molecule has 2 aromatic heterocycles. The molecule has 3 N–H and O–H groups in total. The molecule has 0 saturated carbocycles. The quantitative estimate of drug-likeness (QED) is 0.588. The van der Waals surface area contributed by atoms with Gasteiger partial charge in [-0.15, -0.1) is 11.3 Å². The summed E-state index contributed by atoms with van der Waals surface area (Å²) in [4.78, 5) is 4.73. The summed E-state index contributed by atoms with van der Waals surface area (Å²) in [5, 5.41) is 7.97. The first-order chi connectivity index (χ1) is 10.3. The zero-order valence-corrected chi connectivity index (χ0v) is 11.9. The Balaban J connectivity index is 1.92. The molecule has 2 heterocycles. The van der Waals surface area contributed by atoms with E-state index in [-0.39, 0.29) is 0 Å². The van der Waals surface area contributed by atoms with Crippen molar-refractivity contribution in [2.75, 3.05) is 5.73 Å². The maximum Gasteiger partial charge on any atom is 0.145 e. The summed E-state index contributed by atoms with van der Waals surface area (Å²) < 4.78 is 1.19. The average Bonchev–Trinajstić information content (AvgIpc) is 3.13. The van der Waals surface area contributed by atoms with Crippen LogP contribution in [-0.2, 0) is 0 Å². The highest BCUT2D eigenvalue weighted by Gasteiger charge is 2.12. The predicted octanol–water partition coefficient (Wildman–Crippen LogP) is 3.94. The van der Waals surface area contributed by atoms with E-state index in [4.69, 9.17) is 10.7 Å². The fourth-order valence-electron chi connectivity index (χ4n) is 2.37. The maximum absolute atomic E-state index is 5.71. The lowest BCUT2D eigenvalue weighted by molar-refractivity contribution is 1.10. The van der Waals surface area contributed by atoms with Crippen molar-refractivity contribution >= 4 is 27.4 Å². The number of aromatic amines is 1. The molecule has 0 radical (unpaired) electrons. The molecule has 0 spiro atoms. The third-order valence-corrected chi connectivity index (χ3v) is 4.41. The Bertz CT molecular complexity index is 890. The highest BCUT2D eigenvalue weighted by molar-refractivity contribution is 7.21. The van der Waals surface area contributed by atoms with Gasteiger partial charge in [-0.2, -0.15) is 5.10 Å². The highest BCUT2D eigenvalue weighted by Crippen LogP contribution is 2.36. The van der Waals surface area contributed by atoms with Gasteiger partial charge in [0, 0.05) is 17.2 Å². The molecule has 0 atom stereocenters. The van der Waals surface area contributed by atoms with Gasteiger partial charge in [-0.05, 0) is 12.1 Å². The van der Waals surface area contributed by atoms with Gasteiger partial charge >= 0.3 is 0 Å². The molecule has 0 bridgehead atoms. The lowest BCUT2D eigenvalue weighted by atomic mass is 10.1. The normalized spacial score (nSPS) is 11.0. The van der Waals surface area contributed by atoms with Crippen LogP contribution >= 0.6 is 11.3 Å². The van der Waals surface area contributed by atoms with Crippen LogP contribution in [0.2, 0.25) is 0 Å². The molecule has 0 aliphatic carbocycles. The molecule has 21 heavy (non-hydrogen) atoms. The van der Waals surface area contributed by atoms with E-state index in [0.717, 1.165) is 27.3 Å². The Morgan fingerprint density at radius 1 is 0.952 bits per heavy atom. The van der Waals surface area contributed by atoms with Crippen molar-refractivity contribution < 1.29 is 0 Å². The molecule has 0 unspecified atom stereocenters. The molecule has 0 fully saturated rings. The fourth-order valence-corrected chi connectivity index (χ4v) is 3.37. The number of anilines is 1. The van der Waals surface area contributed by atoms with Crippen LogP contribution in [0.25, 0.3) is 32.0 Å². The van der Waals surface area contributed by atoms with E-state index < -0.39 is 0 Å². The van der Waals surface area contributed by atoms with E-state index in [9.17, 15) is 0 Å². The molecule has 4 rings (SSSR count). The van der Waals surface area contributed by atoms with Gasteiger partial charge < -0.3 is 5.73 Å². The van der Waals surface area contributed by atoms with Crippen LogP contribution in [0.1, 0.15) is 0 Å². The largest absolute Gasteiger partial charge is 0.382 e. The second kappa shape index (κ2) is 4.71. The van der Waals surface area contributed by atoms with E-state index in [2.05, 4.69) is 22.3 Å². The number of rotatable bonds is 2.